The maximum absolute atomic E-state index is 9.59. The molecule has 0 fully saturated rings. The molecule has 3 heterocycles. The van der Waals surface area contributed by atoms with Crippen LogP contribution in [0.5, 0.6) is 0 Å². The summed E-state index contributed by atoms with van der Waals surface area (Å²) in [5.41, 5.74) is 9.69. The van der Waals surface area contributed by atoms with Crippen molar-refractivity contribution in [1.82, 2.24) is 4.57 Å². The molecule has 7 rings (SSSR count). The van der Waals surface area contributed by atoms with Crippen LogP contribution in [0, 0.1) is 22.7 Å². The summed E-state index contributed by atoms with van der Waals surface area (Å²) in [5, 5.41) is 21.3. The van der Waals surface area contributed by atoms with Gasteiger partial charge in [0.2, 0.25) is 0 Å². The van der Waals surface area contributed by atoms with Crippen LogP contribution in [0.15, 0.2) is 95.9 Å². The molecule has 162 valence electrons. The highest BCUT2D eigenvalue weighted by Gasteiger charge is 2.27. The first kappa shape index (κ1) is 20.0. The number of benzene rings is 3. The topological polar surface area (TPSA) is 52.5 Å². The third-order valence-corrected chi connectivity index (χ3v) is 8.83. The second-order valence-corrected chi connectivity index (χ2v) is 10.4. The highest BCUT2D eigenvalue weighted by Crippen LogP contribution is 2.48. The Morgan fingerprint density at radius 2 is 1.43 bits per heavy atom. The lowest BCUT2D eigenvalue weighted by atomic mass is 9.98. The molecule has 0 saturated carbocycles. The van der Waals surface area contributed by atoms with Crippen molar-refractivity contribution < 1.29 is 0 Å². The van der Waals surface area contributed by atoms with Gasteiger partial charge in [-0.3, -0.25) is 0 Å². The fraction of sp³-hybridized carbons (Fsp3) is 0. The van der Waals surface area contributed by atoms with E-state index in [9.17, 15) is 10.5 Å². The van der Waals surface area contributed by atoms with Gasteiger partial charge >= 0.3 is 0 Å². The Hall–Kier alpha value is -4.42. The molecule has 0 unspecified atom stereocenters. The van der Waals surface area contributed by atoms with Gasteiger partial charge in [-0.1, -0.05) is 54.6 Å². The number of hydrogen-bond donors (Lipinski definition) is 0. The van der Waals surface area contributed by atoms with Crippen molar-refractivity contribution in [2.45, 2.75) is 0 Å². The zero-order valence-electron chi connectivity index (χ0n) is 18.3. The average molecular weight is 482 g/mol. The molecule has 0 N–H and O–H groups in total. The third-order valence-electron chi connectivity index (χ3n) is 6.59. The summed E-state index contributed by atoms with van der Waals surface area (Å²) in [6.45, 7) is 0. The highest BCUT2D eigenvalue weighted by molar-refractivity contribution is 7.28. The first-order valence-corrected chi connectivity index (χ1v) is 12.8. The monoisotopic (exact) mass is 481 g/mol. The van der Waals surface area contributed by atoms with E-state index in [1.165, 1.54) is 25.3 Å². The Balaban J connectivity index is 1.45. The molecule has 3 nitrogen and oxygen atoms in total. The van der Waals surface area contributed by atoms with E-state index in [4.69, 9.17) is 0 Å². The van der Waals surface area contributed by atoms with E-state index in [1.807, 2.05) is 35.6 Å². The van der Waals surface area contributed by atoms with Gasteiger partial charge in [0.25, 0.3) is 0 Å². The number of aromatic nitrogens is 1. The predicted molar refractivity (Wildman–Crippen MR) is 145 cm³/mol. The smallest absolute Gasteiger partial charge is 0.138 e. The Bertz CT molecular complexity index is 1900. The number of fused-ring (bicyclic) bond motifs is 6. The van der Waals surface area contributed by atoms with Crippen LogP contribution in [-0.2, 0) is 0 Å². The van der Waals surface area contributed by atoms with E-state index in [-0.39, 0.29) is 5.57 Å². The van der Waals surface area contributed by atoms with Gasteiger partial charge in [-0.05, 0) is 63.5 Å². The largest absolute Gasteiger partial charge is 0.307 e. The average Bonchev–Trinajstić information content (AvgIpc) is 3.66. The number of hydrogen-bond acceptors (Lipinski definition) is 4. The van der Waals surface area contributed by atoms with Gasteiger partial charge in [-0.25, -0.2) is 0 Å². The molecular weight excluding hydrogens is 466 g/mol. The fourth-order valence-electron chi connectivity index (χ4n) is 5.11. The molecule has 1 aliphatic carbocycles. The fourth-order valence-corrected chi connectivity index (χ4v) is 7.29. The molecule has 0 saturated heterocycles. The van der Waals surface area contributed by atoms with Crippen LogP contribution in [-0.4, -0.2) is 4.57 Å². The molecule has 5 heteroatoms. The number of nitriles is 2. The zero-order chi connectivity index (χ0) is 23.5. The first-order valence-electron chi connectivity index (χ1n) is 11.1. The minimum atomic E-state index is 0.155. The van der Waals surface area contributed by atoms with E-state index in [2.05, 4.69) is 82.7 Å². The molecule has 0 radical (unpaired) electrons. The van der Waals surface area contributed by atoms with E-state index >= 15 is 0 Å². The summed E-state index contributed by atoms with van der Waals surface area (Å²) in [4.78, 5) is 1.20. The van der Waals surface area contributed by atoms with Crippen LogP contribution in [0.2, 0.25) is 0 Å². The Morgan fingerprint density at radius 3 is 2.23 bits per heavy atom. The van der Waals surface area contributed by atoms with Gasteiger partial charge in [0, 0.05) is 16.1 Å². The van der Waals surface area contributed by atoms with E-state index in [0.717, 1.165) is 39.1 Å². The molecule has 0 spiro atoms. The molecule has 0 atom stereocenters. The first-order chi connectivity index (χ1) is 17.3. The summed E-state index contributed by atoms with van der Waals surface area (Å²) >= 11 is 3.60. The molecule has 0 amide bonds. The van der Waals surface area contributed by atoms with Crippen molar-refractivity contribution in [3.05, 3.63) is 107 Å². The van der Waals surface area contributed by atoms with Crippen LogP contribution >= 0.6 is 22.7 Å². The van der Waals surface area contributed by atoms with Gasteiger partial charge in [0.1, 0.15) is 17.7 Å². The number of thiophene rings is 2. The number of allylic oxidation sites excluding steroid dienone is 1. The maximum atomic E-state index is 9.59. The minimum Gasteiger partial charge on any atom is -0.307 e. The summed E-state index contributed by atoms with van der Waals surface area (Å²) in [7, 11) is 0. The van der Waals surface area contributed by atoms with Gasteiger partial charge < -0.3 is 4.57 Å². The minimum absolute atomic E-state index is 0.155. The standard InChI is InChI=1S/C30H15N3S2/c31-16-19(17-32)28-22-9-5-4-8-21(22)24-14-18(10-11-23(24)28)27-15-26-30(35-27)29-25(12-13-34-29)33(26)20-6-2-1-3-7-20/h1-15H. The Kier molecular flexibility index (Phi) is 4.31. The highest BCUT2D eigenvalue weighted by atomic mass is 32.1. The maximum Gasteiger partial charge on any atom is 0.138 e. The van der Waals surface area contributed by atoms with Crippen LogP contribution in [0.1, 0.15) is 11.1 Å². The van der Waals surface area contributed by atoms with Gasteiger partial charge in [0.05, 0.1) is 20.4 Å². The SMILES string of the molecule is N#CC(C#N)=C1c2ccccc2-c2cc(-c3cc4c(s3)c3sccc3n4-c3ccccc3)ccc21. The predicted octanol–water partition coefficient (Wildman–Crippen LogP) is 8.40. The number of nitrogens with zero attached hydrogens (tertiary/aromatic N) is 3. The van der Waals surface area contributed by atoms with E-state index < -0.39 is 0 Å². The number of rotatable bonds is 2. The van der Waals surface area contributed by atoms with Crippen molar-refractivity contribution in [1.29, 1.82) is 10.5 Å². The lowest BCUT2D eigenvalue weighted by molar-refractivity contribution is 1.18. The molecule has 0 aliphatic heterocycles. The van der Waals surface area contributed by atoms with Gasteiger partial charge in [-0.2, -0.15) is 10.5 Å². The van der Waals surface area contributed by atoms with Crippen molar-refractivity contribution in [2.24, 2.45) is 0 Å². The van der Waals surface area contributed by atoms with Crippen LogP contribution in [0.25, 0.3) is 53.3 Å². The van der Waals surface area contributed by atoms with Crippen molar-refractivity contribution >= 4 is 48.7 Å². The van der Waals surface area contributed by atoms with Crippen molar-refractivity contribution in [3.8, 4) is 39.4 Å². The third kappa shape index (κ3) is 2.80. The molecule has 6 aromatic rings. The molecule has 35 heavy (non-hydrogen) atoms. The Morgan fingerprint density at radius 1 is 0.686 bits per heavy atom. The lowest BCUT2D eigenvalue weighted by Crippen LogP contribution is -1.91. The summed E-state index contributed by atoms with van der Waals surface area (Å²) in [6.07, 6.45) is 0. The molecule has 3 aromatic heterocycles. The summed E-state index contributed by atoms with van der Waals surface area (Å²) in [6, 6.07) is 33.6. The normalized spacial score (nSPS) is 11.9. The van der Waals surface area contributed by atoms with Gasteiger partial charge in [-0.15, -0.1) is 22.7 Å². The van der Waals surface area contributed by atoms with Crippen LogP contribution < -0.4 is 0 Å². The summed E-state index contributed by atoms with van der Waals surface area (Å²) in [5.74, 6) is 0. The molecule has 1 aliphatic rings. The summed E-state index contributed by atoms with van der Waals surface area (Å²) < 4.78 is 4.95. The van der Waals surface area contributed by atoms with Crippen LogP contribution in [0.3, 0.4) is 0 Å². The molecular formula is C30H15N3S2. The second-order valence-electron chi connectivity index (χ2n) is 8.41. The van der Waals surface area contributed by atoms with Crippen LogP contribution in [0.4, 0.5) is 0 Å². The quantitative estimate of drug-likeness (QED) is 0.233. The van der Waals surface area contributed by atoms with Crippen molar-refractivity contribution in [2.75, 3.05) is 0 Å². The van der Waals surface area contributed by atoms with Crippen molar-refractivity contribution in [3.63, 3.8) is 0 Å². The Labute approximate surface area is 209 Å². The lowest BCUT2D eigenvalue weighted by Gasteiger charge is -2.06. The number of para-hydroxylation sites is 1. The second kappa shape index (κ2) is 7.55. The van der Waals surface area contributed by atoms with E-state index in [0.29, 0.717) is 0 Å². The van der Waals surface area contributed by atoms with Gasteiger partial charge in [0.15, 0.2) is 0 Å². The zero-order valence-corrected chi connectivity index (χ0v) is 20.0. The van der Waals surface area contributed by atoms with E-state index in [1.54, 1.807) is 11.3 Å². The molecule has 0 bridgehead atoms. The molecule has 3 aromatic carbocycles.